The molecule has 4 aliphatic rings. The van der Waals surface area contributed by atoms with Gasteiger partial charge in [0.05, 0.1) is 12.2 Å². The third-order valence-electron chi connectivity index (χ3n) is 6.42. The number of hydrogen-bond acceptors (Lipinski definition) is 5. The maximum absolute atomic E-state index is 13.1. The van der Waals surface area contributed by atoms with Crippen molar-refractivity contribution in [3.63, 3.8) is 0 Å². The van der Waals surface area contributed by atoms with E-state index in [1.54, 1.807) is 0 Å². The van der Waals surface area contributed by atoms with Crippen molar-refractivity contribution in [1.29, 1.82) is 0 Å². The summed E-state index contributed by atoms with van der Waals surface area (Å²) in [6.45, 7) is -0.327. The van der Waals surface area contributed by atoms with Crippen LogP contribution in [0.3, 0.4) is 0 Å². The van der Waals surface area contributed by atoms with Crippen LogP contribution in [0.15, 0.2) is 0 Å². The van der Waals surface area contributed by atoms with E-state index in [0.29, 0.717) is 37.5 Å². The fourth-order valence-electron chi connectivity index (χ4n) is 5.95. The number of aliphatic hydroxyl groups is 1. The van der Waals surface area contributed by atoms with E-state index in [4.69, 9.17) is 4.55 Å². The van der Waals surface area contributed by atoms with Crippen LogP contribution < -0.4 is 0 Å². The van der Waals surface area contributed by atoms with Crippen molar-refractivity contribution in [3.05, 3.63) is 0 Å². The first-order valence-electron chi connectivity index (χ1n) is 6.75. The minimum atomic E-state index is -5.84. The molecule has 0 radical (unpaired) electrons. The highest BCUT2D eigenvalue weighted by molar-refractivity contribution is 7.87. The standard InChI is InChI=1S/C12H14F2O6S/c13-12(14,21(17,18)19)8(15)20-5-9-1-6-3-10(16)4-7(2-9)11(6,9)10/h6-7,16H,1-5H2,(H,17,18,19). The zero-order valence-electron chi connectivity index (χ0n) is 10.9. The summed E-state index contributed by atoms with van der Waals surface area (Å²) in [5.41, 5.74) is -1.54. The summed E-state index contributed by atoms with van der Waals surface area (Å²) < 4.78 is 60.0. The van der Waals surface area contributed by atoms with Crippen LogP contribution in [0.2, 0.25) is 0 Å². The van der Waals surface area contributed by atoms with Crippen LogP contribution in [0.4, 0.5) is 8.78 Å². The fourth-order valence-corrected chi connectivity index (χ4v) is 6.22. The smallest absolute Gasteiger partial charge is 0.460 e. The van der Waals surface area contributed by atoms with E-state index in [1.807, 2.05) is 0 Å². The van der Waals surface area contributed by atoms with Gasteiger partial charge < -0.3 is 9.84 Å². The number of carbonyl (C=O) groups excluding carboxylic acids is 1. The molecule has 118 valence electrons. The Bertz CT molecular complexity index is 641. The van der Waals surface area contributed by atoms with Gasteiger partial charge in [-0.1, -0.05) is 0 Å². The van der Waals surface area contributed by atoms with Gasteiger partial charge in [-0.05, 0) is 37.5 Å². The largest absolute Gasteiger partial charge is 0.465 e. The second-order valence-corrected chi connectivity index (χ2v) is 8.42. The molecule has 4 rings (SSSR count). The molecule has 0 aromatic heterocycles. The van der Waals surface area contributed by atoms with Gasteiger partial charge in [0.1, 0.15) is 0 Å². The summed E-state index contributed by atoms with van der Waals surface area (Å²) >= 11 is 0. The van der Waals surface area contributed by atoms with E-state index in [-0.39, 0.29) is 12.0 Å². The maximum atomic E-state index is 13.1. The molecule has 0 bridgehead atoms. The lowest BCUT2D eigenvalue weighted by Crippen LogP contribution is -2.94. The van der Waals surface area contributed by atoms with Crippen LogP contribution in [0.25, 0.3) is 0 Å². The topological polar surface area (TPSA) is 101 Å². The SMILES string of the molecule is O=C(OCC12CC3CC4(O)CC(C1)C342)C(F)(F)S(=O)(=O)O. The molecular weight excluding hydrogens is 310 g/mol. The number of alkyl halides is 2. The van der Waals surface area contributed by atoms with Crippen molar-refractivity contribution in [2.24, 2.45) is 22.7 Å². The Kier molecular flexibility index (Phi) is 2.14. The van der Waals surface area contributed by atoms with Crippen molar-refractivity contribution in [2.75, 3.05) is 6.61 Å². The van der Waals surface area contributed by atoms with E-state index in [9.17, 15) is 27.1 Å². The maximum Gasteiger partial charge on any atom is 0.465 e. The summed E-state index contributed by atoms with van der Waals surface area (Å²) in [7, 11) is -5.84. The fraction of sp³-hybridized carbons (Fsp3) is 0.917. The van der Waals surface area contributed by atoms with Gasteiger partial charge in [0, 0.05) is 10.8 Å². The summed E-state index contributed by atoms with van der Waals surface area (Å²) in [6, 6.07) is 0. The lowest BCUT2D eigenvalue weighted by atomic mass is 9.12. The lowest BCUT2D eigenvalue weighted by molar-refractivity contribution is -0.495. The normalized spacial score (nSPS) is 49.5. The van der Waals surface area contributed by atoms with Gasteiger partial charge in [-0.15, -0.1) is 0 Å². The highest BCUT2D eigenvalue weighted by Gasteiger charge is 2.93. The number of rotatable bonds is 4. The zero-order valence-corrected chi connectivity index (χ0v) is 11.7. The van der Waals surface area contributed by atoms with Gasteiger partial charge >= 0.3 is 21.3 Å². The number of esters is 1. The lowest BCUT2D eigenvalue weighted by Gasteiger charge is -2.93. The average Bonchev–Trinajstić information content (AvgIpc) is 2.27. The summed E-state index contributed by atoms with van der Waals surface area (Å²) in [4.78, 5) is 11.2. The van der Waals surface area contributed by atoms with Crippen molar-refractivity contribution < 1.29 is 36.4 Å². The third kappa shape index (κ3) is 1.15. The van der Waals surface area contributed by atoms with Gasteiger partial charge in [0.15, 0.2) is 0 Å². The van der Waals surface area contributed by atoms with Crippen LogP contribution in [0.1, 0.15) is 25.7 Å². The quantitative estimate of drug-likeness (QED) is 0.579. The van der Waals surface area contributed by atoms with Crippen molar-refractivity contribution in [3.8, 4) is 0 Å². The van der Waals surface area contributed by atoms with Gasteiger partial charge in [-0.25, -0.2) is 4.79 Å². The van der Waals surface area contributed by atoms with Gasteiger partial charge in [0.25, 0.3) is 0 Å². The van der Waals surface area contributed by atoms with Crippen molar-refractivity contribution in [1.82, 2.24) is 0 Å². The minimum absolute atomic E-state index is 0.298. The van der Waals surface area contributed by atoms with Crippen molar-refractivity contribution in [2.45, 2.75) is 36.5 Å². The summed E-state index contributed by atoms with van der Waals surface area (Å²) in [5, 5.41) is 5.39. The minimum Gasteiger partial charge on any atom is -0.460 e. The van der Waals surface area contributed by atoms with E-state index >= 15 is 0 Å². The van der Waals surface area contributed by atoms with Gasteiger partial charge in [-0.3, -0.25) is 4.55 Å². The summed E-state index contributed by atoms with van der Waals surface area (Å²) in [5.74, 6) is -1.54. The highest BCUT2D eigenvalue weighted by atomic mass is 32.2. The van der Waals surface area contributed by atoms with Crippen LogP contribution in [-0.2, 0) is 19.6 Å². The molecule has 6 nitrogen and oxygen atoms in total. The first-order valence-corrected chi connectivity index (χ1v) is 8.19. The molecule has 0 saturated heterocycles. The second-order valence-electron chi connectivity index (χ2n) is 6.96. The molecule has 1 spiro atoms. The molecule has 4 saturated carbocycles. The number of ether oxygens (including phenoxy) is 1. The molecular formula is C12H14F2O6S. The first-order chi connectivity index (χ1) is 9.50. The molecule has 0 amide bonds. The Morgan fingerprint density at radius 1 is 1.24 bits per heavy atom. The molecule has 21 heavy (non-hydrogen) atoms. The van der Waals surface area contributed by atoms with Crippen molar-refractivity contribution >= 4 is 16.1 Å². The van der Waals surface area contributed by atoms with E-state index < -0.39 is 32.4 Å². The van der Waals surface area contributed by atoms with E-state index in [2.05, 4.69) is 4.74 Å². The Morgan fingerprint density at radius 2 is 1.76 bits per heavy atom. The molecule has 0 aromatic rings. The summed E-state index contributed by atoms with van der Waals surface area (Å²) in [6.07, 6.45) is 2.83. The average molecular weight is 324 g/mol. The van der Waals surface area contributed by atoms with Crippen LogP contribution in [-0.4, -0.2) is 41.5 Å². The molecule has 0 heterocycles. The first kappa shape index (κ1) is 13.8. The number of carbonyl (C=O) groups is 1. The van der Waals surface area contributed by atoms with E-state index in [0.717, 1.165) is 0 Å². The van der Waals surface area contributed by atoms with Gasteiger partial charge in [-0.2, -0.15) is 17.2 Å². The Labute approximate surface area is 119 Å². The molecule has 0 aliphatic heterocycles. The number of halogens is 2. The Hall–Kier alpha value is -0.800. The van der Waals surface area contributed by atoms with Gasteiger partial charge in [0.2, 0.25) is 0 Å². The number of hydrogen-bond donors (Lipinski definition) is 2. The monoisotopic (exact) mass is 324 g/mol. The zero-order chi connectivity index (χ0) is 15.5. The third-order valence-corrected chi connectivity index (χ3v) is 7.23. The predicted octanol–water partition coefficient (Wildman–Crippen LogP) is 0.561. The molecule has 2 N–H and O–H groups in total. The van der Waals surface area contributed by atoms with Crippen LogP contribution in [0.5, 0.6) is 0 Å². The molecule has 9 heteroatoms. The molecule has 2 unspecified atom stereocenters. The molecule has 0 aromatic carbocycles. The van der Waals surface area contributed by atoms with Crippen LogP contribution in [0, 0.1) is 22.7 Å². The second kappa shape index (κ2) is 3.26. The molecule has 2 atom stereocenters. The molecule has 4 fully saturated rings. The van der Waals surface area contributed by atoms with E-state index in [1.165, 1.54) is 0 Å². The highest BCUT2D eigenvalue weighted by Crippen LogP contribution is 2.94. The van der Waals surface area contributed by atoms with Crippen LogP contribution >= 0.6 is 0 Å². The molecule has 4 aliphatic carbocycles. The Balaban J connectivity index is 1.47. The predicted molar refractivity (Wildman–Crippen MR) is 62.7 cm³/mol. The Morgan fingerprint density at radius 3 is 2.14 bits per heavy atom.